The molecule has 1 aromatic carbocycles. The molecule has 1 aromatic heterocycles. The van der Waals surface area contributed by atoms with Crippen molar-refractivity contribution in [3.8, 4) is 5.75 Å². The molecule has 0 bridgehead atoms. The first-order valence-electron chi connectivity index (χ1n) is 6.33. The van der Waals surface area contributed by atoms with E-state index in [4.69, 9.17) is 13.9 Å². The van der Waals surface area contributed by atoms with Gasteiger partial charge in [0, 0.05) is 13.8 Å². The lowest BCUT2D eigenvalue weighted by Gasteiger charge is -2.23. The second kappa shape index (κ2) is 4.10. The Morgan fingerprint density at radius 3 is 2.85 bits per heavy atom. The van der Waals surface area contributed by atoms with Crippen LogP contribution in [0.1, 0.15) is 25.0 Å². The maximum absolute atomic E-state index is 12.0. The van der Waals surface area contributed by atoms with E-state index in [1.165, 1.54) is 6.92 Å². The maximum Gasteiger partial charge on any atom is 0.343 e. The maximum atomic E-state index is 12.0. The lowest BCUT2D eigenvalue weighted by atomic mass is 10.1. The number of ether oxygens (including phenoxy) is 2. The number of carbonyl (C=O) groups excluding carboxylic acids is 1. The van der Waals surface area contributed by atoms with Crippen molar-refractivity contribution >= 4 is 16.9 Å². The summed E-state index contributed by atoms with van der Waals surface area (Å²) < 4.78 is 16.2. The van der Waals surface area contributed by atoms with Crippen LogP contribution in [0.5, 0.6) is 5.75 Å². The molecule has 5 nitrogen and oxygen atoms in total. The molecule has 2 heterocycles. The van der Waals surface area contributed by atoms with Crippen LogP contribution in [-0.4, -0.2) is 11.8 Å². The number of rotatable bonds is 1. The average Bonchev–Trinajstić information content (AvgIpc) is 2.66. The van der Waals surface area contributed by atoms with Crippen molar-refractivity contribution < 1.29 is 18.7 Å². The Labute approximate surface area is 115 Å². The normalized spacial score (nSPS) is 20.6. The van der Waals surface area contributed by atoms with Crippen LogP contribution in [0.2, 0.25) is 0 Å². The lowest BCUT2D eigenvalue weighted by Crippen LogP contribution is -2.35. The molecule has 0 saturated heterocycles. The molecule has 0 saturated carbocycles. The smallest absolute Gasteiger partial charge is 0.343 e. The van der Waals surface area contributed by atoms with Gasteiger partial charge in [0.05, 0.1) is 17.4 Å². The minimum Gasteiger partial charge on any atom is -0.451 e. The van der Waals surface area contributed by atoms with Gasteiger partial charge in [-0.1, -0.05) is 6.07 Å². The fourth-order valence-electron chi connectivity index (χ4n) is 2.52. The van der Waals surface area contributed by atoms with Gasteiger partial charge in [0.15, 0.2) is 0 Å². The van der Waals surface area contributed by atoms with Crippen molar-refractivity contribution in [2.75, 3.05) is 0 Å². The third kappa shape index (κ3) is 1.95. The highest BCUT2D eigenvalue weighted by molar-refractivity contribution is 5.85. The zero-order valence-corrected chi connectivity index (χ0v) is 11.5. The predicted molar refractivity (Wildman–Crippen MR) is 71.7 cm³/mol. The van der Waals surface area contributed by atoms with Gasteiger partial charge in [-0.05, 0) is 24.6 Å². The minimum absolute atomic E-state index is 0.189. The first-order valence-corrected chi connectivity index (χ1v) is 6.33. The number of hydrogen-bond acceptors (Lipinski definition) is 5. The van der Waals surface area contributed by atoms with Gasteiger partial charge in [-0.2, -0.15) is 0 Å². The Morgan fingerprint density at radius 1 is 1.40 bits per heavy atom. The van der Waals surface area contributed by atoms with Gasteiger partial charge in [-0.3, -0.25) is 4.79 Å². The Hall–Kier alpha value is -2.30. The molecule has 0 aliphatic carbocycles. The van der Waals surface area contributed by atoms with Gasteiger partial charge >= 0.3 is 11.6 Å². The summed E-state index contributed by atoms with van der Waals surface area (Å²) >= 11 is 0. The molecule has 104 valence electrons. The van der Waals surface area contributed by atoms with Crippen LogP contribution in [0.15, 0.2) is 27.4 Å². The summed E-state index contributed by atoms with van der Waals surface area (Å²) in [4.78, 5) is 23.2. The third-order valence-corrected chi connectivity index (χ3v) is 3.28. The summed E-state index contributed by atoms with van der Waals surface area (Å²) in [5.41, 5.74) is 1.42. The molecule has 20 heavy (non-hydrogen) atoms. The van der Waals surface area contributed by atoms with E-state index in [0.29, 0.717) is 22.3 Å². The zero-order chi connectivity index (χ0) is 14.5. The molecule has 0 spiro atoms. The van der Waals surface area contributed by atoms with Crippen LogP contribution in [-0.2, 0) is 16.0 Å². The standard InChI is InChI=1S/C15H14O5/c1-8-4-5-10-12(6-8)18-14(17)11-7-15(3,19-9(2)16)20-13(10)11/h4-6H,7H2,1-3H3. The first kappa shape index (κ1) is 12.7. The number of fused-ring (bicyclic) bond motifs is 3. The quantitative estimate of drug-likeness (QED) is 0.589. The average molecular weight is 274 g/mol. The second-order valence-corrected chi connectivity index (χ2v) is 5.20. The van der Waals surface area contributed by atoms with Crippen LogP contribution in [0.4, 0.5) is 0 Å². The number of benzene rings is 1. The largest absolute Gasteiger partial charge is 0.451 e. The highest BCUT2D eigenvalue weighted by Crippen LogP contribution is 2.39. The highest BCUT2D eigenvalue weighted by atomic mass is 16.7. The van der Waals surface area contributed by atoms with Crippen molar-refractivity contribution in [1.82, 2.24) is 0 Å². The van der Waals surface area contributed by atoms with Crippen LogP contribution in [0.25, 0.3) is 11.0 Å². The Morgan fingerprint density at radius 2 is 2.15 bits per heavy atom. The SMILES string of the molecule is CC(=O)OC1(C)Cc2c(c3ccc(C)cc3oc2=O)O1. The van der Waals surface area contributed by atoms with Gasteiger partial charge in [-0.25, -0.2) is 4.79 Å². The number of hydrogen-bond donors (Lipinski definition) is 0. The van der Waals surface area contributed by atoms with Crippen molar-refractivity contribution in [1.29, 1.82) is 0 Å². The minimum atomic E-state index is -1.15. The first-order chi connectivity index (χ1) is 9.38. The zero-order valence-electron chi connectivity index (χ0n) is 11.5. The van der Waals surface area contributed by atoms with Crippen molar-refractivity contribution in [3.63, 3.8) is 0 Å². The van der Waals surface area contributed by atoms with Crippen LogP contribution in [0, 0.1) is 6.92 Å². The monoisotopic (exact) mass is 274 g/mol. The molecule has 1 unspecified atom stereocenters. The molecule has 0 N–H and O–H groups in total. The third-order valence-electron chi connectivity index (χ3n) is 3.28. The highest BCUT2D eigenvalue weighted by Gasteiger charge is 2.41. The van der Waals surface area contributed by atoms with Gasteiger partial charge < -0.3 is 13.9 Å². The molecule has 1 aliphatic rings. The van der Waals surface area contributed by atoms with Gasteiger partial charge in [0.1, 0.15) is 11.3 Å². The summed E-state index contributed by atoms with van der Waals surface area (Å²) in [7, 11) is 0. The fourth-order valence-corrected chi connectivity index (χ4v) is 2.52. The van der Waals surface area contributed by atoms with E-state index >= 15 is 0 Å². The number of aryl methyl sites for hydroxylation is 1. The summed E-state index contributed by atoms with van der Waals surface area (Å²) in [6.45, 7) is 4.85. The van der Waals surface area contributed by atoms with Gasteiger partial charge in [0.2, 0.25) is 0 Å². The molecular weight excluding hydrogens is 260 g/mol. The molecule has 0 radical (unpaired) electrons. The van der Waals surface area contributed by atoms with Crippen molar-refractivity contribution in [3.05, 3.63) is 39.7 Å². The van der Waals surface area contributed by atoms with E-state index in [1.807, 2.05) is 19.1 Å². The molecular formula is C15H14O5. The predicted octanol–water partition coefficient (Wildman–Crippen LogP) is 2.32. The van der Waals surface area contributed by atoms with Crippen LogP contribution < -0.4 is 10.4 Å². The van der Waals surface area contributed by atoms with E-state index in [2.05, 4.69) is 0 Å². The molecule has 0 fully saturated rings. The van der Waals surface area contributed by atoms with Crippen LogP contribution in [0.3, 0.4) is 0 Å². The molecule has 5 heteroatoms. The molecule has 1 aliphatic heterocycles. The van der Waals surface area contributed by atoms with E-state index in [9.17, 15) is 9.59 Å². The fraction of sp³-hybridized carbons (Fsp3) is 0.333. The van der Waals surface area contributed by atoms with Crippen molar-refractivity contribution in [2.24, 2.45) is 0 Å². The summed E-state index contributed by atoms with van der Waals surface area (Å²) in [5, 5.41) is 0.709. The Balaban J connectivity index is 2.18. The molecule has 2 aromatic rings. The number of carbonyl (C=O) groups is 1. The lowest BCUT2D eigenvalue weighted by molar-refractivity contribution is -0.183. The van der Waals surface area contributed by atoms with E-state index in [0.717, 1.165) is 5.56 Å². The van der Waals surface area contributed by atoms with E-state index < -0.39 is 17.4 Å². The topological polar surface area (TPSA) is 65.7 Å². The van der Waals surface area contributed by atoms with E-state index in [1.54, 1.807) is 13.0 Å². The van der Waals surface area contributed by atoms with Crippen molar-refractivity contribution in [2.45, 2.75) is 33.0 Å². The summed E-state index contributed by atoms with van der Waals surface area (Å²) in [6.07, 6.45) is 0.189. The Bertz CT molecular complexity index is 774. The van der Waals surface area contributed by atoms with Gasteiger partial charge in [-0.15, -0.1) is 0 Å². The number of esters is 1. The van der Waals surface area contributed by atoms with Crippen LogP contribution >= 0.6 is 0 Å². The summed E-state index contributed by atoms with van der Waals surface area (Å²) in [6, 6.07) is 5.53. The molecule has 1 atom stereocenters. The Kier molecular flexibility index (Phi) is 2.61. The molecule has 3 rings (SSSR count). The van der Waals surface area contributed by atoms with E-state index in [-0.39, 0.29) is 6.42 Å². The summed E-state index contributed by atoms with van der Waals surface area (Å²) in [5.74, 6) is -1.16. The second-order valence-electron chi connectivity index (χ2n) is 5.20. The van der Waals surface area contributed by atoms with Gasteiger partial charge in [0.25, 0.3) is 5.79 Å². The molecule has 0 amide bonds.